The number of rotatable bonds is 4. The van der Waals surface area contributed by atoms with Gasteiger partial charge in [0.15, 0.2) is 0 Å². The smallest absolute Gasteiger partial charge is 0.282 e. The largest absolute Gasteiger partial charge is 0.486 e. The minimum Gasteiger partial charge on any atom is -0.486 e. The number of aryl methyl sites for hydroxylation is 2. The van der Waals surface area contributed by atoms with E-state index in [1.54, 1.807) is 17.1 Å². The molecule has 2 rings (SSSR count). The van der Waals surface area contributed by atoms with E-state index in [-0.39, 0.29) is 5.55 Å². The van der Waals surface area contributed by atoms with E-state index in [2.05, 4.69) is 22.4 Å². The van der Waals surface area contributed by atoms with Gasteiger partial charge in [0.2, 0.25) is 12.4 Å². The molecule has 0 saturated heterocycles. The zero-order valence-corrected chi connectivity index (χ0v) is 9.28. The van der Waals surface area contributed by atoms with Crippen LogP contribution in [0, 0.1) is 11.5 Å². The lowest BCUT2D eigenvalue weighted by atomic mass is 10.1. The van der Waals surface area contributed by atoms with Crippen molar-refractivity contribution in [2.24, 2.45) is 4.99 Å². The second-order valence-corrected chi connectivity index (χ2v) is 3.60. The quantitative estimate of drug-likeness (QED) is 0.566. The van der Waals surface area contributed by atoms with Gasteiger partial charge in [-0.1, -0.05) is 30.3 Å². The monoisotopic (exact) mass is 228 g/mol. The van der Waals surface area contributed by atoms with Crippen LogP contribution in [0.1, 0.15) is 12.0 Å². The molecule has 0 radical (unpaired) electrons. The van der Waals surface area contributed by atoms with Crippen LogP contribution in [-0.2, 0) is 13.0 Å². The summed E-state index contributed by atoms with van der Waals surface area (Å²) in [5.74, 6) is 0. The molecule has 17 heavy (non-hydrogen) atoms. The van der Waals surface area contributed by atoms with E-state index < -0.39 is 0 Å². The molecule has 1 aromatic carbocycles. The fourth-order valence-electron chi connectivity index (χ4n) is 1.56. The third-order valence-electron chi connectivity index (χ3n) is 2.35. The van der Waals surface area contributed by atoms with Crippen molar-refractivity contribution >= 4 is 0 Å². The molecule has 0 aliphatic heterocycles. The third kappa shape index (κ3) is 3.31. The van der Waals surface area contributed by atoms with E-state index in [4.69, 9.17) is 9.78 Å². The van der Waals surface area contributed by atoms with Gasteiger partial charge >= 0.3 is 0 Å². The lowest BCUT2D eigenvalue weighted by Crippen LogP contribution is -2.37. The van der Waals surface area contributed by atoms with Gasteiger partial charge in [0, 0.05) is 6.42 Å². The summed E-state index contributed by atoms with van der Waals surface area (Å²) in [5, 5.41) is 12.1. The minimum atomic E-state index is 0.243. The predicted molar refractivity (Wildman–Crippen MR) is 58.2 cm³/mol. The number of nitrogens with zero attached hydrogens (tertiary/aromatic N) is 4. The Balaban J connectivity index is 1.86. The number of benzene rings is 1. The first-order chi connectivity index (χ1) is 8.38. The summed E-state index contributed by atoms with van der Waals surface area (Å²) >= 11 is 0. The Morgan fingerprint density at radius 3 is 2.94 bits per heavy atom. The van der Waals surface area contributed by atoms with Crippen molar-refractivity contribution in [2.45, 2.75) is 19.4 Å². The summed E-state index contributed by atoms with van der Waals surface area (Å²) < 4.78 is 6.48. The standard InChI is InChI=1S/C12H12N4O/c13-10-14-12-9-16(15-17-12)8-4-7-11-5-2-1-3-6-11/h1-3,5-6,9H,4,7-8H2. The maximum Gasteiger partial charge on any atom is 0.282 e. The Kier molecular flexibility index (Phi) is 3.71. The molecule has 0 saturated carbocycles. The highest BCUT2D eigenvalue weighted by atomic mass is 16.5. The second kappa shape index (κ2) is 5.66. The van der Waals surface area contributed by atoms with Gasteiger partial charge in [0.1, 0.15) is 6.54 Å². The first-order valence-electron chi connectivity index (χ1n) is 5.38. The molecule has 0 unspecified atom stereocenters. The molecule has 0 amide bonds. The SMILES string of the molecule is N#CN=c1c[n+](CCCc2ccccc2)[n-]o1. The maximum absolute atomic E-state index is 8.34. The number of hydrogen-bond acceptors (Lipinski definition) is 3. The molecule has 5 nitrogen and oxygen atoms in total. The van der Waals surface area contributed by atoms with Crippen molar-refractivity contribution in [1.82, 2.24) is 5.27 Å². The molecular weight excluding hydrogens is 216 g/mol. The summed E-state index contributed by atoms with van der Waals surface area (Å²) in [6, 6.07) is 10.3. The van der Waals surface area contributed by atoms with E-state index in [9.17, 15) is 0 Å². The summed E-state index contributed by atoms with van der Waals surface area (Å²) in [6.45, 7) is 0.749. The van der Waals surface area contributed by atoms with E-state index in [0.29, 0.717) is 0 Å². The highest BCUT2D eigenvalue weighted by molar-refractivity contribution is 5.14. The van der Waals surface area contributed by atoms with Crippen LogP contribution in [0.2, 0.25) is 0 Å². The van der Waals surface area contributed by atoms with Gasteiger partial charge in [-0.3, -0.25) is 5.27 Å². The van der Waals surface area contributed by atoms with E-state index in [1.165, 1.54) is 5.56 Å². The fraction of sp³-hybridized carbons (Fsp3) is 0.250. The molecule has 1 heterocycles. The van der Waals surface area contributed by atoms with Crippen LogP contribution in [-0.4, -0.2) is 0 Å². The Hall–Kier alpha value is -2.35. The molecule has 0 aliphatic carbocycles. The molecule has 0 bridgehead atoms. The zero-order valence-electron chi connectivity index (χ0n) is 9.28. The fourth-order valence-corrected chi connectivity index (χ4v) is 1.56. The van der Waals surface area contributed by atoms with Gasteiger partial charge in [-0.15, -0.1) is 4.99 Å². The van der Waals surface area contributed by atoms with Crippen LogP contribution in [0.25, 0.3) is 0 Å². The van der Waals surface area contributed by atoms with Crippen molar-refractivity contribution in [2.75, 3.05) is 0 Å². The van der Waals surface area contributed by atoms with Crippen molar-refractivity contribution in [3.05, 3.63) is 47.6 Å². The molecule has 0 spiro atoms. The first kappa shape index (κ1) is 11.1. The maximum atomic E-state index is 8.34. The Morgan fingerprint density at radius 1 is 1.35 bits per heavy atom. The number of nitriles is 1. The van der Waals surface area contributed by atoms with Crippen LogP contribution in [0.4, 0.5) is 0 Å². The van der Waals surface area contributed by atoms with Gasteiger partial charge in [-0.2, -0.15) is 5.26 Å². The lowest BCUT2D eigenvalue weighted by molar-refractivity contribution is -0.767. The molecular formula is C12H12N4O. The van der Waals surface area contributed by atoms with Crippen LogP contribution in [0.3, 0.4) is 0 Å². The Labute approximate surface area is 98.6 Å². The highest BCUT2D eigenvalue weighted by Gasteiger charge is 1.98. The van der Waals surface area contributed by atoms with Gasteiger partial charge in [0.05, 0.1) is 0 Å². The van der Waals surface area contributed by atoms with Crippen LogP contribution >= 0.6 is 0 Å². The van der Waals surface area contributed by atoms with Crippen LogP contribution in [0.15, 0.2) is 46.0 Å². The lowest BCUT2D eigenvalue weighted by Gasteiger charge is -1.99. The molecule has 2 aromatic rings. The average Bonchev–Trinajstić information content (AvgIpc) is 2.79. The Morgan fingerprint density at radius 2 is 2.18 bits per heavy atom. The molecule has 0 fully saturated rings. The molecule has 86 valence electrons. The van der Waals surface area contributed by atoms with Crippen LogP contribution < -0.4 is 15.5 Å². The van der Waals surface area contributed by atoms with Gasteiger partial charge < -0.3 is 4.52 Å². The minimum absolute atomic E-state index is 0.243. The van der Waals surface area contributed by atoms with Crippen LogP contribution in [0.5, 0.6) is 0 Å². The summed E-state index contributed by atoms with van der Waals surface area (Å²) in [4.78, 5) is 3.45. The zero-order chi connectivity index (χ0) is 11.9. The van der Waals surface area contributed by atoms with Crippen molar-refractivity contribution in [1.29, 1.82) is 5.26 Å². The average molecular weight is 228 g/mol. The van der Waals surface area contributed by atoms with Gasteiger partial charge in [-0.05, 0) is 12.0 Å². The topological polar surface area (TPSA) is 67.3 Å². The van der Waals surface area contributed by atoms with E-state index >= 15 is 0 Å². The predicted octanol–water partition coefficient (Wildman–Crippen LogP) is 0.539. The Bertz CT molecular complexity index is 562. The second-order valence-electron chi connectivity index (χ2n) is 3.60. The summed E-state index contributed by atoms with van der Waals surface area (Å²) in [6.07, 6.45) is 5.23. The molecule has 5 heteroatoms. The summed E-state index contributed by atoms with van der Waals surface area (Å²) in [7, 11) is 0. The summed E-state index contributed by atoms with van der Waals surface area (Å²) in [5.41, 5.74) is 1.55. The molecule has 0 N–H and O–H groups in total. The number of hydrogen-bond donors (Lipinski definition) is 0. The van der Waals surface area contributed by atoms with E-state index in [1.807, 2.05) is 18.2 Å². The molecule has 0 atom stereocenters. The number of aromatic nitrogens is 2. The highest BCUT2D eigenvalue weighted by Crippen LogP contribution is 2.01. The third-order valence-corrected chi connectivity index (χ3v) is 2.35. The molecule has 0 aliphatic rings. The molecule has 1 aromatic heterocycles. The first-order valence-corrected chi connectivity index (χ1v) is 5.38. The van der Waals surface area contributed by atoms with Crippen molar-refractivity contribution in [3.8, 4) is 6.19 Å². The van der Waals surface area contributed by atoms with Gasteiger partial charge in [-0.25, -0.2) is 4.68 Å². The normalized spacial score (nSPS) is 11.4. The van der Waals surface area contributed by atoms with Crippen molar-refractivity contribution < 1.29 is 9.20 Å². The van der Waals surface area contributed by atoms with Crippen molar-refractivity contribution in [3.63, 3.8) is 0 Å². The van der Waals surface area contributed by atoms with E-state index in [0.717, 1.165) is 19.4 Å². The van der Waals surface area contributed by atoms with Gasteiger partial charge in [0.25, 0.3) is 5.55 Å².